The van der Waals surface area contributed by atoms with Gasteiger partial charge in [0.2, 0.25) is 5.91 Å². The maximum absolute atomic E-state index is 12.6. The number of pyridine rings is 1. The number of carboxylic acids is 1. The van der Waals surface area contributed by atoms with E-state index in [1.54, 1.807) is 12.1 Å². The summed E-state index contributed by atoms with van der Waals surface area (Å²) in [4.78, 5) is 31.1. The Kier molecular flexibility index (Phi) is 7.44. The molecule has 2 aromatic rings. The van der Waals surface area contributed by atoms with E-state index >= 15 is 0 Å². The minimum atomic E-state index is -0.922. The molecule has 8 nitrogen and oxygen atoms in total. The fourth-order valence-electron chi connectivity index (χ4n) is 4.72. The molecule has 4 N–H and O–H groups in total. The largest absolute Gasteiger partial charge is 0.508 e. The minimum Gasteiger partial charge on any atom is -0.508 e. The highest BCUT2D eigenvalue weighted by molar-refractivity contribution is 5.79. The van der Waals surface area contributed by atoms with E-state index < -0.39 is 12.0 Å². The third kappa shape index (κ3) is 5.82. The Morgan fingerprint density at radius 2 is 1.91 bits per heavy atom. The highest BCUT2D eigenvalue weighted by Gasteiger charge is 2.33. The van der Waals surface area contributed by atoms with Crippen LogP contribution in [0.4, 0.5) is 5.82 Å². The van der Waals surface area contributed by atoms with Crippen LogP contribution >= 0.6 is 0 Å². The van der Waals surface area contributed by atoms with Gasteiger partial charge in [-0.2, -0.15) is 0 Å². The van der Waals surface area contributed by atoms with Crippen molar-refractivity contribution in [2.24, 2.45) is 5.92 Å². The van der Waals surface area contributed by atoms with Crippen LogP contribution in [-0.2, 0) is 22.4 Å². The van der Waals surface area contributed by atoms with Crippen molar-refractivity contribution in [3.8, 4) is 5.75 Å². The molecule has 2 aliphatic rings. The Bertz CT molecular complexity index is 971. The number of nitrogens with one attached hydrogen (secondary N) is 2. The molecule has 0 aliphatic carbocycles. The molecule has 0 bridgehead atoms. The van der Waals surface area contributed by atoms with Crippen LogP contribution in [-0.4, -0.2) is 58.2 Å². The number of carboxylic acid groups (broad SMARTS) is 1. The Balaban J connectivity index is 1.21. The number of benzene rings is 1. The second-order valence-electron chi connectivity index (χ2n) is 8.88. The lowest BCUT2D eigenvalue weighted by molar-refractivity contribution is -0.144. The first-order valence-corrected chi connectivity index (χ1v) is 11.8. The fraction of sp³-hybridized carbons (Fsp3) is 0.480. The topological polar surface area (TPSA) is 115 Å². The number of aromatic hydroxyl groups is 1. The van der Waals surface area contributed by atoms with Crippen molar-refractivity contribution in [2.75, 3.05) is 31.5 Å². The van der Waals surface area contributed by atoms with E-state index in [4.69, 9.17) is 4.98 Å². The van der Waals surface area contributed by atoms with Gasteiger partial charge in [-0.25, -0.2) is 4.98 Å². The molecule has 1 saturated heterocycles. The Hall–Kier alpha value is -3.13. The van der Waals surface area contributed by atoms with Crippen molar-refractivity contribution < 1.29 is 19.8 Å². The first kappa shape index (κ1) is 23.0. The van der Waals surface area contributed by atoms with Crippen LogP contribution in [0.3, 0.4) is 0 Å². The number of rotatable bonds is 8. The van der Waals surface area contributed by atoms with Crippen molar-refractivity contribution in [3.05, 3.63) is 53.2 Å². The number of hydrogen-bond acceptors (Lipinski definition) is 6. The van der Waals surface area contributed by atoms with Gasteiger partial charge in [-0.05, 0) is 67.9 Å². The molecule has 0 spiro atoms. The molecule has 176 valence electrons. The summed E-state index contributed by atoms with van der Waals surface area (Å²) < 4.78 is 0. The van der Waals surface area contributed by atoms with Crippen LogP contribution < -0.4 is 10.6 Å². The van der Waals surface area contributed by atoms with Gasteiger partial charge in [0, 0.05) is 37.8 Å². The van der Waals surface area contributed by atoms with Gasteiger partial charge in [-0.1, -0.05) is 18.2 Å². The fourth-order valence-corrected chi connectivity index (χ4v) is 4.72. The Morgan fingerprint density at radius 1 is 1.15 bits per heavy atom. The number of fused-ring (bicyclic) bond motifs is 1. The van der Waals surface area contributed by atoms with Crippen LogP contribution in [0.1, 0.15) is 48.5 Å². The van der Waals surface area contributed by atoms with Crippen molar-refractivity contribution >= 4 is 17.7 Å². The zero-order chi connectivity index (χ0) is 23.2. The first-order valence-electron chi connectivity index (χ1n) is 11.8. The zero-order valence-electron chi connectivity index (χ0n) is 18.8. The van der Waals surface area contributed by atoms with Gasteiger partial charge in [0.15, 0.2) is 0 Å². The lowest BCUT2D eigenvalue weighted by Crippen LogP contribution is -2.44. The molecule has 4 rings (SSSR count). The molecule has 0 saturated carbocycles. The van der Waals surface area contributed by atoms with Gasteiger partial charge in [0.25, 0.3) is 0 Å². The summed E-state index contributed by atoms with van der Waals surface area (Å²) in [5, 5.41) is 25.6. The molecule has 2 aliphatic heterocycles. The number of carbonyl (C=O) groups excluding carboxylic acids is 1. The molecule has 8 heteroatoms. The number of phenolic OH excluding ortho intramolecular Hbond substituents is 1. The predicted molar refractivity (Wildman–Crippen MR) is 125 cm³/mol. The second kappa shape index (κ2) is 10.7. The lowest BCUT2D eigenvalue weighted by atomic mass is 9.93. The predicted octanol–water partition coefficient (Wildman–Crippen LogP) is 2.73. The smallest absolute Gasteiger partial charge is 0.325 e. The Morgan fingerprint density at radius 3 is 2.64 bits per heavy atom. The number of nitrogens with zero attached hydrogens (tertiary/aromatic N) is 2. The summed E-state index contributed by atoms with van der Waals surface area (Å²) in [6.07, 6.45) is 5.13. The van der Waals surface area contributed by atoms with Crippen molar-refractivity contribution in [2.45, 2.75) is 44.6 Å². The summed E-state index contributed by atoms with van der Waals surface area (Å²) in [5.74, 6) is 0.140. The molecule has 1 amide bonds. The van der Waals surface area contributed by atoms with E-state index in [-0.39, 0.29) is 17.6 Å². The van der Waals surface area contributed by atoms with Crippen molar-refractivity contribution in [1.29, 1.82) is 0 Å². The number of aryl methyl sites for hydroxylation is 2. The molecule has 1 atom stereocenters. The number of phenols is 1. The number of anilines is 1. The number of carbonyl (C=O) groups is 2. The molecule has 1 unspecified atom stereocenters. The molecule has 1 aromatic carbocycles. The number of aliphatic carboxylic acids is 1. The van der Waals surface area contributed by atoms with Gasteiger partial charge < -0.3 is 20.8 Å². The normalized spacial score (nSPS) is 17.6. The van der Waals surface area contributed by atoms with Crippen LogP contribution in [0, 0.1) is 5.92 Å². The van der Waals surface area contributed by atoms with Crippen LogP contribution in [0.5, 0.6) is 5.75 Å². The third-order valence-electron chi connectivity index (χ3n) is 6.57. The van der Waals surface area contributed by atoms with Crippen LogP contribution in [0.25, 0.3) is 0 Å². The monoisotopic (exact) mass is 452 g/mol. The van der Waals surface area contributed by atoms with Crippen LogP contribution in [0.2, 0.25) is 0 Å². The van der Waals surface area contributed by atoms with E-state index in [0.717, 1.165) is 43.7 Å². The maximum Gasteiger partial charge on any atom is 0.325 e. The molecule has 3 heterocycles. The summed E-state index contributed by atoms with van der Waals surface area (Å²) in [6.45, 7) is 2.67. The molecular formula is C25H32N4O4. The second-order valence-corrected chi connectivity index (χ2v) is 8.88. The van der Waals surface area contributed by atoms with Gasteiger partial charge >= 0.3 is 5.97 Å². The summed E-state index contributed by atoms with van der Waals surface area (Å²) in [7, 11) is 0. The van der Waals surface area contributed by atoms with Crippen molar-refractivity contribution in [1.82, 2.24) is 15.2 Å². The number of piperidine rings is 1. The molecule has 1 fully saturated rings. The van der Waals surface area contributed by atoms with Gasteiger partial charge in [0.1, 0.15) is 17.6 Å². The average Bonchev–Trinajstić information content (AvgIpc) is 2.83. The van der Waals surface area contributed by atoms with Gasteiger partial charge in [0.05, 0.1) is 0 Å². The molecule has 0 radical (unpaired) electrons. The van der Waals surface area contributed by atoms with E-state index in [9.17, 15) is 19.8 Å². The highest BCUT2D eigenvalue weighted by Crippen LogP contribution is 2.28. The highest BCUT2D eigenvalue weighted by atomic mass is 16.4. The quantitative estimate of drug-likeness (QED) is 0.455. The van der Waals surface area contributed by atoms with Gasteiger partial charge in [-0.15, -0.1) is 0 Å². The molecule has 1 aromatic heterocycles. The third-order valence-corrected chi connectivity index (χ3v) is 6.57. The van der Waals surface area contributed by atoms with Crippen molar-refractivity contribution in [3.63, 3.8) is 0 Å². The van der Waals surface area contributed by atoms with E-state index in [1.165, 1.54) is 17.7 Å². The SMILES string of the molecule is O=C(NCCCc1ccc2c(n1)NCCC2)C1CCN(C(C(=O)O)c2ccc(O)cc2)CC1. The number of hydrogen-bond donors (Lipinski definition) is 4. The van der Waals surface area contributed by atoms with Gasteiger partial charge in [-0.3, -0.25) is 14.5 Å². The number of aromatic nitrogens is 1. The lowest BCUT2D eigenvalue weighted by Gasteiger charge is -2.35. The number of likely N-dealkylation sites (tertiary alicyclic amines) is 1. The van der Waals surface area contributed by atoms with E-state index in [0.29, 0.717) is 38.0 Å². The minimum absolute atomic E-state index is 0.0474. The first-order chi connectivity index (χ1) is 16.0. The summed E-state index contributed by atoms with van der Waals surface area (Å²) in [5.41, 5.74) is 2.95. The molecule has 33 heavy (non-hydrogen) atoms. The molecular weight excluding hydrogens is 420 g/mol. The zero-order valence-corrected chi connectivity index (χ0v) is 18.8. The summed E-state index contributed by atoms with van der Waals surface area (Å²) in [6, 6.07) is 9.74. The van der Waals surface area contributed by atoms with Crippen LogP contribution in [0.15, 0.2) is 36.4 Å². The maximum atomic E-state index is 12.6. The Labute approximate surface area is 194 Å². The van der Waals surface area contributed by atoms with E-state index in [1.807, 2.05) is 4.90 Å². The summed E-state index contributed by atoms with van der Waals surface area (Å²) >= 11 is 0. The van der Waals surface area contributed by atoms with E-state index in [2.05, 4.69) is 22.8 Å². The number of amides is 1. The average molecular weight is 453 g/mol. The standard InChI is InChI=1S/C25H32N4O4/c30-21-9-6-17(7-10-21)22(25(32)33)29-15-11-19(12-16-29)24(31)27-14-2-4-20-8-5-18-3-1-13-26-23(18)28-20/h5-10,19,22,30H,1-4,11-16H2,(H,26,28)(H,27,31)(H,32,33).